The Hall–Kier alpha value is -1.91. The van der Waals surface area contributed by atoms with E-state index in [4.69, 9.17) is 9.47 Å². The van der Waals surface area contributed by atoms with Crippen LogP contribution in [0.2, 0.25) is 0 Å². The maximum atomic E-state index is 12.5. The van der Waals surface area contributed by atoms with E-state index in [1.807, 2.05) is 24.3 Å². The van der Waals surface area contributed by atoms with Gasteiger partial charge in [0.25, 0.3) is 0 Å². The van der Waals surface area contributed by atoms with Crippen LogP contribution in [0.25, 0.3) is 10.8 Å². The van der Waals surface area contributed by atoms with Crippen molar-refractivity contribution in [3.8, 4) is 0 Å². The zero-order valence-corrected chi connectivity index (χ0v) is 13.7. The summed E-state index contributed by atoms with van der Waals surface area (Å²) in [5.41, 5.74) is 1.08. The first kappa shape index (κ1) is 15.6. The summed E-state index contributed by atoms with van der Waals surface area (Å²) in [7, 11) is 0. The molecule has 1 aliphatic carbocycles. The molecular weight excluding hydrogens is 302 g/mol. The highest BCUT2D eigenvalue weighted by Gasteiger charge is 2.34. The number of ether oxygens (including phenoxy) is 2. The summed E-state index contributed by atoms with van der Waals surface area (Å²) in [6, 6.07) is 14.5. The van der Waals surface area contributed by atoms with Crippen molar-refractivity contribution < 1.29 is 14.3 Å². The Morgan fingerprint density at radius 1 is 1.00 bits per heavy atom. The van der Waals surface area contributed by atoms with E-state index in [2.05, 4.69) is 23.5 Å². The van der Waals surface area contributed by atoms with E-state index in [-0.39, 0.29) is 24.2 Å². The molecule has 2 aromatic carbocycles. The molecule has 2 aromatic rings. The summed E-state index contributed by atoms with van der Waals surface area (Å²) < 4.78 is 11.5. The second kappa shape index (κ2) is 6.91. The number of fused-ring (bicyclic) bond motifs is 2. The van der Waals surface area contributed by atoms with Crippen LogP contribution >= 0.6 is 0 Å². The van der Waals surface area contributed by atoms with Crippen LogP contribution in [0.15, 0.2) is 42.5 Å². The minimum absolute atomic E-state index is 0.0894. The van der Waals surface area contributed by atoms with Crippen LogP contribution < -0.4 is 5.32 Å². The van der Waals surface area contributed by atoms with Crippen LogP contribution in [0.3, 0.4) is 0 Å². The lowest BCUT2D eigenvalue weighted by atomic mass is 9.89. The molecule has 1 amide bonds. The van der Waals surface area contributed by atoms with Gasteiger partial charge >= 0.3 is 0 Å². The number of amides is 1. The topological polar surface area (TPSA) is 47.6 Å². The molecule has 1 N–H and O–H groups in total. The van der Waals surface area contributed by atoms with Crippen LogP contribution in [0.1, 0.15) is 24.8 Å². The van der Waals surface area contributed by atoms with Gasteiger partial charge in [0, 0.05) is 6.04 Å². The standard InChI is InChI=1S/C20H23NO3/c22-20(12-15-6-3-5-14-4-1-2-7-17(14)15)21-16-8-9-18-19(13-16)24-11-10-23-18/h1-7,16,18-19H,8-13H2,(H,21,22)/t16-,18-,19+/m1/s1. The molecule has 3 atom stereocenters. The molecule has 2 aliphatic rings. The van der Waals surface area contributed by atoms with Gasteiger partial charge in [-0.2, -0.15) is 0 Å². The number of hydrogen-bond acceptors (Lipinski definition) is 3. The number of rotatable bonds is 3. The van der Waals surface area contributed by atoms with E-state index in [0.717, 1.165) is 30.2 Å². The third-order valence-corrected chi connectivity index (χ3v) is 5.07. The molecule has 0 bridgehead atoms. The molecule has 0 unspecified atom stereocenters. The Bertz CT molecular complexity index is 724. The number of benzene rings is 2. The highest BCUT2D eigenvalue weighted by Crippen LogP contribution is 2.27. The molecule has 126 valence electrons. The van der Waals surface area contributed by atoms with Gasteiger partial charge in [-0.3, -0.25) is 4.79 Å². The van der Waals surface area contributed by atoms with Crippen molar-refractivity contribution in [3.05, 3.63) is 48.0 Å². The van der Waals surface area contributed by atoms with Crippen molar-refractivity contribution in [2.45, 2.75) is 43.9 Å². The van der Waals surface area contributed by atoms with Gasteiger partial charge in [0.05, 0.1) is 31.8 Å². The molecule has 24 heavy (non-hydrogen) atoms. The lowest BCUT2D eigenvalue weighted by Crippen LogP contribution is -2.49. The molecule has 4 rings (SSSR count). The summed E-state index contributed by atoms with van der Waals surface area (Å²) in [6.45, 7) is 1.36. The lowest BCUT2D eigenvalue weighted by molar-refractivity contribution is -0.158. The SMILES string of the molecule is O=C(Cc1cccc2ccccc12)N[C@@H]1CC[C@H]2OCCO[C@H]2C1. The number of carbonyl (C=O) groups is 1. The summed E-state index contributed by atoms with van der Waals surface area (Å²) in [4.78, 5) is 12.5. The lowest BCUT2D eigenvalue weighted by Gasteiger charge is -2.39. The zero-order chi connectivity index (χ0) is 16.4. The second-order valence-electron chi connectivity index (χ2n) is 6.71. The first-order chi connectivity index (χ1) is 11.8. The average molecular weight is 325 g/mol. The molecule has 2 fully saturated rings. The smallest absolute Gasteiger partial charge is 0.224 e. The second-order valence-corrected chi connectivity index (χ2v) is 6.71. The van der Waals surface area contributed by atoms with Crippen LogP contribution in [-0.2, 0) is 20.7 Å². The minimum Gasteiger partial charge on any atom is -0.373 e. The normalized spacial score (nSPS) is 26.8. The maximum Gasteiger partial charge on any atom is 0.224 e. The molecule has 1 saturated carbocycles. The molecule has 1 heterocycles. The molecule has 0 spiro atoms. The number of hydrogen-bond donors (Lipinski definition) is 1. The van der Waals surface area contributed by atoms with Crippen molar-refractivity contribution in [1.29, 1.82) is 0 Å². The fraction of sp³-hybridized carbons (Fsp3) is 0.450. The minimum atomic E-state index is 0.0894. The molecular formula is C20H23NO3. The van der Waals surface area contributed by atoms with Crippen molar-refractivity contribution >= 4 is 16.7 Å². The van der Waals surface area contributed by atoms with Crippen LogP contribution in [0.5, 0.6) is 0 Å². The monoisotopic (exact) mass is 325 g/mol. The van der Waals surface area contributed by atoms with Crippen LogP contribution in [0, 0.1) is 0 Å². The Kier molecular flexibility index (Phi) is 4.50. The van der Waals surface area contributed by atoms with Gasteiger partial charge in [0.1, 0.15) is 0 Å². The van der Waals surface area contributed by atoms with E-state index in [0.29, 0.717) is 19.6 Å². The Labute approximate surface area is 142 Å². The van der Waals surface area contributed by atoms with E-state index in [9.17, 15) is 4.79 Å². The van der Waals surface area contributed by atoms with E-state index in [1.165, 1.54) is 5.39 Å². The fourth-order valence-electron chi connectivity index (χ4n) is 3.90. The van der Waals surface area contributed by atoms with Gasteiger partial charge in [0.2, 0.25) is 5.91 Å². The van der Waals surface area contributed by atoms with Crippen LogP contribution in [0.4, 0.5) is 0 Å². The predicted molar refractivity (Wildman–Crippen MR) is 92.9 cm³/mol. The van der Waals surface area contributed by atoms with Gasteiger partial charge in [0.15, 0.2) is 0 Å². The predicted octanol–water partition coefficient (Wildman–Crippen LogP) is 2.84. The highest BCUT2D eigenvalue weighted by atomic mass is 16.6. The van der Waals surface area contributed by atoms with E-state index < -0.39 is 0 Å². The Balaban J connectivity index is 1.39. The highest BCUT2D eigenvalue weighted by molar-refractivity contribution is 5.90. The third kappa shape index (κ3) is 3.30. The molecule has 4 heteroatoms. The largest absolute Gasteiger partial charge is 0.373 e. The van der Waals surface area contributed by atoms with Gasteiger partial charge in [-0.1, -0.05) is 42.5 Å². The van der Waals surface area contributed by atoms with Crippen molar-refractivity contribution in [3.63, 3.8) is 0 Å². The third-order valence-electron chi connectivity index (χ3n) is 5.07. The van der Waals surface area contributed by atoms with Crippen LogP contribution in [-0.4, -0.2) is 37.4 Å². The van der Waals surface area contributed by atoms with Gasteiger partial charge in [-0.15, -0.1) is 0 Å². The quantitative estimate of drug-likeness (QED) is 0.944. The van der Waals surface area contributed by atoms with Gasteiger partial charge in [-0.25, -0.2) is 0 Å². The Morgan fingerprint density at radius 3 is 2.71 bits per heavy atom. The van der Waals surface area contributed by atoms with Crippen molar-refractivity contribution in [2.75, 3.05) is 13.2 Å². The van der Waals surface area contributed by atoms with Gasteiger partial charge in [-0.05, 0) is 35.6 Å². The molecule has 1 saturated heterocycles. The summed E-state index contributed by atoms with van der Waals surface area (Å²) in [6.07, 6.45) is 3.55. The molecule has 0 aromatic heterocycles. The fourth-order valence-corrected chi connectivity index (χ4v) is 3.90. The summed E-state index contributed by atoms with van der Waals surface area (Å²) >= 11 is 0. The van der Waals surface area contributed by atoms with Gasteiger partial charge < -0.3 is 14.8 Å². The van der Waals surface area contributed by atoms with Crippen molar-refractivity contribution in [2.24, 2.45) is 0 Å². The maximum absolute atomic E-state index is 12.5. The average Bonchev–Trinajstić information content (AvgIpc) is 2.62. The summed E-state index contributed by atoms with van der Waals surface area (Å²) in [5, 5.41) is 5.52. The summed E-state index contributed by atoms with van der Waals surface area (Å²) in [5.74, 6) is 0.0894. The molecule has 4 nitrogen and oxygen atoms in total. The van der Waals surface area contributed by atoms with Crippen molar-refractivity contribution in [1.82, 2.24) is 5.32 Å². The first-order valence-corrected chi connectivity index (χ1v) is 8.79. The molecule has 0 radical (unpaired) electrons. The zero-order valence-electron chi connectivity index (χ0n) is 13.7. The van der Waals surface area contributed by atoms with E-state index >= 15 is 0 Å². The first-order valence-electron chi connectivity index (χ1n) is 8.79. The van der Waals surface area contributed by atoms with E-state index in [1.54, 1.807) is 0 Å². The Morgan fingerprint density at radius 2 is 1.79 bits per heavy atom. The molecule has 1 aliphatic heterocycles. The number of nitrogens with one attached hydrogen (secondary N) is 1. The number of carbonyl (C=O) groups excluding carboxylic acids is 1.